The molecule has 6 amide bonds. The molecule has 0 bridgehead atoms. The molecule has 1 aliphatic heterocycles. The molecule has 248 valence electrons. The van der Waals surface area contributed by atoms with E-state index in [4.69, 9.17) is 5.73 Å². The van der Waals surface area contributed by atoms with Crippen LogP contribution in [0, 0.1) is 22.7 Å². The number of Topliss-reactive ketones (excluding diaryl/α,β-unsaturated/α-hetero) is 1. The van der Waals surface area contributed by atoms with E-state index in [2.05, 4.69) is 27.8 Å². The summed E-state index contributed by atoms with van der Waals surface area (Å²) in [6.45, 7) is 20.6. The predicted octanol–water partition coefficient (Wildman–Crippen LogP) is 2.16. The third-order valence-corrected chi connectivity index (χ3v) is 8.48. The van der Waals surface area contributed by atoms with Gasteiger partial charge in [-0.2, -0.15) is 0 Å². The Morgan fingerprint density at radius 1 is 0.864 bits per heavy atom. The van der Waals surface area contributed by atoms with Crippen molar-refractivity contribution in [3.8, 4) is 0 Å². The molecule has 1 unspecified atom stereocenters. The summed E-state index contributed by atoms with van der Waals surface area (Å²) in [5.41, 5.74) is 4.60. The van der Waals surface area contributed by atoms with E-state index in [1.165, 1.54) is 4.90 Å². The molecule has 0 aromatic heterocycles. The predicted molar refractivity (Wildman–Crippen MR) is 168 cm³/mol. The van der Waals surface area contributed by atoms with E-state index in [0.717, 1.165) is 19.3 Å². The lowest BCUT2D eigenvalue weighted by molar-refractivity contribution is -0.144. The van der Waals surface area contributed by atoms with Gasteiger partial charge in [0.2, 0.25) is 23.5 Å². The topological polar surface area (TPSA) is 180 Å². The molecule has 2 aliphatic rings. The van der Waals surface area contributed by atoms with E-state index in [0.29, 0.717) is 18.4 Å². The number of ketones is 1. The Morgan fingerprint density at radius 2 is 1.41 bits per heavy atom. The maximum absolute atomic E-state index is 14.2. The smallest absolute Gasteiger partial charge is 0.316 e. The SMILES string of the molecule is C=C(C)[C@H]1CCN(C(=O)[C@@H](NC(=O)N[C@H](C(=O)NC(C)C)C(C)(C)C)C(C)(C)C)[C@@H]1C(=O)NC(CC1CCC1)C(=O)C(N)=O. The fourth-order valence-corrected chi connectivity index (χ4v) is 5.76. The van der Waals surface area contributed by atoms with Crippen LogP contribution in [0.15, 0.2) is 12.2 Å². The second-order valence-electron chi connectivity index (χ2n) is 14.9. The largest absolute Gasteiger partial charge is 0.363 e. The van der Waals surface area contributed by atoms with Crippen LogP contribution < -0.4 is 27.0 Å². The van der Waals surface area contributed by atoms with Gasteiger partial charge >= 0.3 is 6.03 Å². The van der Waals surface area contributed by atoms with Gasteiger partial charge in [0.05, 0.1) is 6.04 Å². The van der Waals surface area contributed by atoms with Crippen molar-refractivity contribution in [3.63, 3.8) is 0 Å². The minimum Gasteiger partial charge on any atom is -0.363 e. The van der Waals surface area contributed by atoms with Crippen molar-refractivity contribution in [1.82, 2.24) is 26.2 Å². The van der Waals surface area contributed by atoms with E-state index in [1.54, 1.807) is 27.7 Å². The molecule has 1 heterocycles. The average Bonchev–Trinajstić information content (AvgIpc) is 3.30. The number of carbonyl (C=O) groups excluding carboxylic acids is 6. The number of hydrogen-bond acceptors (Lipinski definition) is 6. The number of likely N-dealkylation sites (tertiary alicyclic amines) is 1. The average molecular weight is 619 g/mol. The Balaban J connectivity index is 2.34. The molecule has 0 aromatic rings. The van der Waals surface area contributed by atoms with Crippen LogP contribution in [-0.2, 0) is 24.0 Å². The van der Waals surface area contributed by atoms with Crippen LogP contribution in [0.5, 0.6) is 0 Å². The number of nitrogens with one attached hydrogen (secondary N) is 4. The summed E-state index contributed by atoms with van der Waals surface area (Å²) in [5, 5.41) is 11.1. The third-order valence-electron chi connectivity index (χ3n) is 8.48. The quantitative estimate of drug-likeness (QED) is 0.165. The van der Waals surface area contributed by atoms with Crippen molar-refractivity contribution in [2.75, 3.05) is 6.54 Å². The van der Waals surface area contributed by atoms with Crippen molar-refractivity contribution in [2.24, 2.45) is 28.4 Å². The van der Waals surface area contributed by atoms with Crippen LogP contribution in [0.4, 0.5) is 4.79 Å². The standard InChI is InChI=1S/C32H54N6O6/c1-17(2)20-14-15-38(22(20)27(41)35-21(23(39)26(33)40)16-19-12-11-13-19)29(43)25(32(8,9)10)37-30(44)36-24(31(5,6)7)28(42)34-18(3)4/h18-22,24-25H,1,11-16H2,2-10H3,(H2,33,40)(H,34,42)(H,35,41)(H2,36,37,44)/t20-,21?,22+,24-,25-/m1/s1. The lowest BCUT2D eigenvalue weighted by Crippen LogP contribution is -2.63. The first-order valence-corrected chi connectivity index (χ1v) is 15.6. The molecule has 0 aromatic carbocycles. The molecule has 1 saturated carbocycles. The first kappa shape index (κ1) is 36.8. The van der Waals surface area contributed by atoms with E-state index in [-0.39, 0.29) is 24.4 Å². The summed E-state index contributed by atoms with van der Waals surface area (Å²) >= 11 is 0. The molecule has 1 saturated heterocycles. The second kappa shape index (κ2) is 14.6. The van der Waals surface area contributed by atoms with Crippen molar-refractivity contribution in [1.29, 1.82) is 0 Å². The maximum Gasteiger partial charge on any atom is 0.316 e. The highest BCUT2D eigenvalue weighted by atomic mass is 16.2. The van der Waals surface area contributed by atoms with Crippen LogP contribution in [0.1, 0.15) is 94.4 Å². The Bertz CT molecular complexity index is 1130. The number of carbonyl (C=O) groups is 6. The van der Waals surface area contributed by atoms with Crippen molar-refractivity contribution < 1.29 is 28.8 Å². The molecule has 12 nitrogen and oxygen atoms in total. The summed E-state index contributed by atoms with van der Waals surface area (Å²) in [6.07, 6.45) is 3.58. The molecule has 2 rings (SSSR count). The Morgan fingerprint density at radius 3 is 1.84 bits per heavy atom. The zero-order valence-electron chi connectivity index (χ0n) is 28.0. The van der Waals surface area contributed by atoms with Gasteiger partial charge in [-0.25, -0.2) is 4.79 Å². The monoisotopic (exact) mass is 618 g/mol. The number of amides is 6. The van der Waals surface area contributed by atoms with E-state index in [9.17, 15) is 28.8 Å². The van der Waals surface area contributed by atoms with Crippen LogP contribution in [-0.4, -0.2) is 77.1 Å². The summed E-state index contributed by atoms with van der Waals surface area (Å²) in [7, 11) is 0. The third kappa shape index (κ3) is 9.53. The number of primary amides is 1. The van der Waals surface area contributed by atoms with Crippen molar-refractivity contribution in [2.45, 2.75) is 125 Å². The molecular formula is C32H54N6O6. The molecular weight excluding hydrogens is 564 g/mol. The highest BCUT2D eigenvalue weighted by Gasteiger charge is 2.47. The zero-order chi connectivity index (χ0) is 33.7. The van der Waals surface area contributed by atoms with E-state index in [1.807, 2.05) is 34.6 Å². The minimum atomic E-state index is -1.12. The lowest BCUT2D eigenvalue weighted by Gasteiger charge is -2.37. The number of nitrogens with two attached hydrogens (primary N) is 1. The fraction of sp³-hybridized carbons (Fsp3) is 0.750. The minimum absolute atomic E-state index is 0.132. The van der Waals surface area contributed by atoms with Gasteiger partial charge in [-0.1, -0.05) is 73.0 Å². The molecule has 0 radical (unpaired) electrons. The van der Waals surface area contributed by atoms with Crippen molar-refractivity contribution >= 4 is 35.4 Å². The molecule has 5 atom stereocenters. The Kier molecular flexibility index (Phi) is 12.2. The summed E-state index contributed by atoms with van der Waals surface area (Å²) < 4.78 is 0. The highest BCUT2D eigenvalue weighted by molar-refractivity contribution is 6.37. The van der Waals surface area contributed by atoms with Crippen LogP contribution in [0.3, 0.4) is 0 Å². The molecule has 6 N–H and O–H groups in total. The second-order valence-corrected chi connectivity index (χ2v) is 14.9. The fourth-order valence-electron chi connectivity index (χ4n) is 5.76. The summed E-state index contributed by atoms with van der Waals surface area (Å²) in [4.78, 5) is 80.1. The van der Waals surface area contributed by atoms with Crippen LogP contribution in [0.25, 0.3) is 0 Å². The van der Waals surface area contributed by atoms with E-state index < -0.39 is 70.5 Å². The highest BCUT2D eigenvalue weighted by Crippen LogP contribution is 2.34. The lowest BCUT2D eigenvalue weighted by atomic mass is 9.80. The van der Waals surface area contributed by atoms with Gasteiger partial charge in [-0.3, -0.25) is 24.0 Å². The van der Waals surface area contributed by atoms with Gasteiger partial charge in [0.25, 0.3) is 5.91 Å². The van der Waals surface area contributed by atoms with Gasteiger partial charge in [-0.05, 0) is 50.4 Å². The number of hydrogen-bond donors (Lipinski definition) is 5. The maximum atomic E-state index is 14.2. The number of nitrogens with zero attached hydrogens (tertiary/aromatic N) is 1. The summed E-state index contributed by atoms with van der Waals surface area (Å²) in [6, 6.07) is -4.85. The Labute approximate surface area is 262 Å². The van der Waals surface area contributed by atoms with Gasteiger partial charge in [0.15, 0.2) is 0 Å². The van der Waals surface area contributed by atoms with Gasteiger partial charge in [0.1, 0.15) is 18.1 Å². The molecule has 0 spiro atoms. The van der Waals surface area contributed by atoms with Gasteiger partial charge in [0, 0.05) is 18.5 Å². The molecule has 12 heteroatoms. The molecule has 2 fully saturated rings. The van der Waals surface area contributed by atoms with Gasteiger partial charge < -0.3 is 31.9 Å². The van der Waals surface area contributed by atoms with E-state index >= 15 is 0 Å². The first-order chi connectivity index (χ1) is 20.1. The number of rotatable bonds is 12. The molecule has 1 aliphatic carbocycles. The van der Waals surface area contributed by atoms with Crippen molar-refractivity contribution in [3.05, 3.63) is 12.2 Å². The van der Waals surface area contributed by atoms with Crippen LogP contribution in [0.2, 0.25) is 0 Å². The Hall–Kier alpha value is -3.44. The number of urea groups is 1. The zero-order valence-corrected chi connectivity index (χ0v) is 28.0. The van der Waals surface area contributed by atoms with Gasteiger partial charge in [-0.15, -0.1) is 0 Å². The normalized spacial score (nSPS) is 21.0. The van der Waals surface area contributed by atoms with Crippen LogP contribution >= 0.6 is 0 Å². The molecule has 44 heavy (non-hydrogen) atoms. The first-order valence-electron chi connectivity index (χ1n) is 15.6. The summed E-state index contributed by atoms with van der Waals surface area (Å²) in [5.74, 6) is -3.58.